The van der Waals surface area contributed by atoms with Gasteiger partial charge >= 0.3 is 5.97 Å². The topological polar surface area (TPSA) is 52.1 Å². The van der Waals surface area contributed by atoms with Crippen LogP contribution in [0.1, 0.15) is 25.3 Å². The first kappa shape index (κ1) is 11.9. The lowest BCUT2D eigenvalue weighted by molar-refractivity contribution is -0.143. The molecule has 0 fully saturated rings. The highest BCUT2D eigenvalue weighted by Crippen LogP contribution is 2.05. The third-order valence-electron chi connectivity index (χ3n) is 1.83. The fourth-order valence-corrected chi connectivity index (χ4v) is 1.24. The molecular formula is C10H13ClN2O2. The Kier molecular flexibility index (Phi) is 5.04. The first-order valence-corrected chi connectivity index (χ1v) is 5.22. The van der Waals surface area contributed by atoms with E-state index >= 15 is 0 Å². The van der Waals surface area contributed by atoms with Gasteiger partial charge in [-0.2, -0.15) is 0 Å². The van der Waals surface area contributed by atoms with Gasteiger partial charge in [-0.1, -0.05) is 0 Å². The Bertz CT molecular complexity index is 314. The van der Waals surface area contributed by atoms with Crippen molar-refractivity contribution in [3.8, 4) is 0 Å². The van der Waals surface area contributed by atoms with E-state index in [1.165, 1.54) is 0 Å². The number of rotatable bonds is 5. The van der Waals surface area contributed by atoms with Crippen molar-refractivity contribution in [1.82, 2.24) is 9.97 Å². The van der Waals surface area contributed by atoms with Crippen LogP contribution in [0.2, 0.25) is 5.28 Å². The second kappa shape index (κ2) is 6.35. The van der Waals surface area contributed by atoms with E-state index in [0.29, 0.717) is 13.0 Å². The van der Waals surface area contributed by atoms with Gasteiger partial charge < -0.3 is 4.74 Å². The van der Waals surface area contributed by atoms with Crippen molar-refractivity contribution in [2.45, 2.75) is 26.2 Å². The summed E-state index contributed by atoms with van der Waals surface area (Å²) in [7, 11) is 0. The fourth-order valence-electron chi connectivity index (χ4n) is 1.14. The zero-order valence-electron chi connectivity index (χ0n) is 8.57. The highest BCUT2D eigenvalue weighted by Gasteiger charge is 2.02. The van der Waals surface area contributed by atoms with E-state index in [1.54, 1.807) is 19.3 Å². The Morgan fingerprint density at radius 2 is 2.13 bits per heavy atom. The summed E-state index contributed by atoms with van der Waals surface area (Å²) in [5, 5.41) is 0.240. The third kappa shape index (κ3) is 4.74. The average Bonchev–Trinajstić information content (AvgIpc) is 2.21. The maximum absolute atomic E-state index is 11.0. The molecule has 0 aromatic carbocycles. The summed E-state index contributed by atoms with van der Waals surface area (Å²) in [4.78, 5) is 18.7. The number of carbonyl (C=O) groups is 1. The lowest BCUT2D eigenvalue weighted by Crippen LogP contribution is -2.04. The van der Waals surface area contributed by atoms with Crippen molar-refractivity contribution >= 4 is 17.6 Å². The molecule has 1 aromatic heterocycles. The van der Waals surface area contributed by atoms with Crippen LogP contribution >= 0.6 is 11.6 Å². The Labute approximate surface area is 93.6 Å². The Morgan fingerprint density at radius 1 is 1.47 bits per heavy atom. The lowest BCUT2D eigenvalue weighted by atomic mass is 10.1. The number of hydrogen-bond acceptors (Lipinski definition) is 4. The Balaban J connectivity index is 2.26. The lowest BCUT2D eigenvalue weighted by Gasteiger charge is -2.01. The minimum absolute atomic E-state index is 0.160. The first-order chi connectivity index (χ1) is 7.22. The highest BCUT2D eigenvalue weighted by atomic mass is 35.5. The molecule has 0 radical (unpaired) electrons. The van der Waals surface area contributed by atoms with Gasteiger partial charge in [-0.15, -0.1) is 0 Å². The van der Waals surface area contributed by atoms with Crippen molar-refractivity contribution in [1.29, 1.82) is 0 Å². The number of ether oxygens (including phenoxy) is 1. The van der Waals surface area contributed by atoms with Crippen molar-refractivity contribution < 1.29 is 9.53 Å². The molecule has 0 atom stereocenters. The van der Waals surface area contributed by atoms with Gasteiger partial charge in [0.05, 0.1) is 6.61 Å². The molecule has 0 amide bonds. The predicted octanol–water partition coefficient (Wildman–Crippen LogP) is 2.02. The molecule has 82 valence electrons. The minimum Gasteiger partial charge on any atom is -0.466 e. The van der Waals surface area contributed by atoms with Crippen LogP contribution in [-0.2, 0) is 16.0 Å². The first-order valence-electron chi connectivity index (χ1n) is 4.84. The van der Waals surface area contributed by atoms with E-state index in [1.807, 2.05) is 0 Å². The zero-order chi connectivity index (χ0) is 11.1. The fraction of sp³-hybridized carbons (Fsp3) is 0.500. The smallest absolute Gasteiger partial charge is 0.305 e. The van der Waals surface area contributed by atoms with Crippen molar-refractivity contribution in [3.05, 3.63) is 23.2 Å². The van der Waals surface area contributed by atoms with Crippen LogP contribution < -0.4 is 0 Å². The van der Waals surface area contributed by atoms with E-state index in [4.69, 9.17) is 16.3 Å². The van der Waals surface area contributed by atoms with E-state index in [9.17, 15) is 4.79 Å². The summed E-state index contributed by atoms with van der Waals surface area (Å²) >= 11 is 5.54. The van der Waals surface area contributed by atoms with Gasteiger partial charge in [0.2, 0.25) is 5.28 Å². The van der Waals surface area contributed by atoms with Crippen LogP contribution in [0.25, 0.3) is 0 Å². The summed E-state index contributed by atoms with van der Waals surface area (Å²) in [6.07, 6.45) is 5.26. The number of nitrogens with zero attached hydrogens (tertiary/aromatic N) is 2. The summed E-state index contributed by atoms with van der Waals surface area (Å²) in [5.74, 6) is -0.160. The number of halogens is 1. The molecule has 0 saturated heterocycles. The molecule has 0 aliphatic rings. The molecule has 0 saturated carbocycles. The molecule has 0 spiro atoms. The van der Waals surface area contributed by atoms with Gasteiger partial charge in [0, 0.05) is 18.8 Å². The van der Waals surface area contributed by atoms with Crippen LogP contribution in [-0.4, -0.2) is 22.5 Å². The van der Waals surface area contributed by atoms with Gasteiger partial charge in [-0.25, -0.2) is 9.97 Å². The zero-order valence-corrected chi connectivity index (χ0v) is 9.33. The van der Waals surface area contributed by atoms with Crippen LogP contribution in [0.5, 0.6) is 0 Å². The molecule has 4 nitrogen and oxygen atoms in total. The molecule has 1 rings (SSSR count). The van der Waals surface area contributed by atoms with Gasteiger partial charge in [0.15, 0.2) is 0 Å². The highest BCUT2D eigenvalue weighted by molar-refractivity contribution is 6.28. The molecular weight excluding hydrogens is 216 g/mol. The molecule has 0 aliphatic carbocycles. The van der Waals surface area contributed by atoms with Gasteiger partial charge in [-0.3, -0.25) is 4.79 Å². The van der Waals surface area contributed by atoms with E-state index in [0.717, 1.165) is 18.4 Å². The van der Waals surface area contributed by atoms with E-state index in [2.05, 4.69) is 9.97 Å². The maximum atomic E-state index is 11.0. The number of esters is 1. The van der Waals surface area contributed by atoms with Gasteiger partial charge in [0.1, 0.15) is 0 Å². The van der Waals surface area contributed by atoms with Crippen LogP contribution in [0.4, 0.5) is 0 Å². The predicted molar refractivity (Wildman–Crippen MR) is 56.6 cm³/mol. The number of aromatic nitrogens is 2. The largest absolute Gasteiger partial charge is 0.466 e. The molecule has 1 heterocycles. The molecule has 0 N–H and O–H groups in total. The molecule has 1 aromatic rings. The van der Waals surface area contributed by atoms with E-state index < -0.39 is 0 Å². The number of hydrogen-bond donors (Lipinski definition) is 0. The summed E-state index contributed by atoms with van der Waals surface area (Å²) in [6, 6.07) is 0. The molecule has 0 unspecified atom stereocenters. The monoisotopic (exact) mass is 228 g/mol. The summed E-state index contributed by atoms with van der Waals surface area (Å²) in [5.41, 5.74) is 0.976. The minimum atomic E-state index is -0.160. The van der Waals surface area contributed by atoms with Crippen LogP contribution in [0.3, 0.4) is 0 Å². The maximum Gasteiger partial charge on any atom is 0.305 e. The summed E-state index contributed by atoms with van der Waals surface area (Å²) in [6.45, 7) is 2.23. The number of carbonyl (C=O) groups excluding carboxylic acids is 1. The van der Waals surface area contributed by atoms with Crippen LogP contribution in [0.15, 0.2) is 12.4 Å². The Hall–Kier alpha value is -1.16. The second-order valence-electron chi connectivity index (χ2n) is 3.02. The van der Waals surface area contributed by atoms with Crippen molar-refractivity contribution in [3.63, 3.8) is 0 Å². The normalized spacial score (nSPS) is 10.0. The van der Waals surface area contributed by atoms with Crippen molar-refractivity contribution in [2.75, 3.05) is 6.61 Å². The van der Waals surface area contributed by atoms with Crippen LogP contribution in [0, 0.1) is 0 Å². The third-order valence-corrected chi connectivity index (χ3v) is 2.02. The molecule has 0 bridgehead atoms. The van der Waals surface area contributed by atoms with Gasteiger partial charge in [0.25, 0.3) is 0 Å². The average molecular weight is 229 g/mol. The standard InChI is InChI=1S/C10H13ClN2O2/c1-2-15-9(14)5-3-4-8-6-12-10(11)13-7-8/h6-7H,2-5H2,1H3. The van der Waals surface area contributed by atoms with E-state index in [-0.39, 0.29) is 11.3 Å². The van der Waals surface area contributed by atoms with Gasteiger partial charge in [-0.05, 0) is 36.9 Å². The quantitative estimate of drug-likeness (QED) is 0.572. The second-order valence-corrected chi connectivity index (χ2v) is 3.36. The van der Waals surface area contributed by atoms with Crippen molar-refractivity contribution in [2.24, 2.45) is 0 Å². The SMILES string of the molecule is CCOC(=O)CCCc1cnc(Cl)nc1. The summed E-state index contributed by atoms with van der Waals surface area (Å²) < 4.78 is 4.81. The number of aryl methyl sites for hydroxylation is 1. The molecule has 15 heavy (non-hydrogen) atoms. The Morgan fingerprint density at radius 3 is 2.73 bits per heavy atom. The molecule has 5 heteroatoms. The molecule has 0 aliphatic heterocycles.